The lowest BCUT2D eigenvalue weighted by Crippen LogP contribution is -2.06. The predicted octanol–water partition coefficient (Wildman–Crippen LogP) is 2.06. The van der Waals surface area contributed by atoms with Crippen molar-refractivity contribution in [3.8, 4) is 0 Å². The van der Waals surface area contributed by atoms with Gasteiger partial charge in [-0.05, 0) is 31.5 Å². The van der Waals surface area contributed by atoms with Gasteiger partial charge in [-0.2, -0.15) is 0 Å². The molecule has 0 aromatic carbocycles. The Morgan fingerprint density at radius 1 is 1.44 bits per heavy atom. The molecule has 0 radical (unpaired) electrons. The van der Waals surface area contributed by atoms with Crippen LogP contribution in [0.15, 0.2) is 37.1 Å². The van der Waals surface area contributed by atoms with E-state index in [9.17, 15) is 4.79 Å². The summed E-state index contributed by atoms with van der Waals surface area (Å²) in [6.07, 6.45) is 6.82. The number of rotatable bonds is 4. The van der Waals surface area contributed by atoms with Gasteiger partial charge < -0.3 is 9.30 Å². The molecule has 2 aromatic heterocycles. The van der Waals surface area contributed by atoms with Crippen molar-refractivity contribution in [2.24, 2.45) is 0 Å². The molecular formula is C13H15N3O2. The first-order valence-corrected chi connectivity index (χ1v) is 5.83. The Bertz CT molecular complexity index is 522. The molecule has 2 rings (SSSR count). The standard InChI is InChI=1S/C13H15N3O2/c1-3-18-13(17)12-8-16(9-15-12)10(2)11-4-6-14-7-5-11/h4-10H,3H2,1-2H3/t10-/m0/s1. The third kappa shape index (κ3) is 2.56. The zero-order chi connectivity index (χ0) is 13.0. The molecule has 0 bridgehead atoms. The normalized spacial score (nSPS) is 12.1. The van der Waals surface area contributed by atoms with Crippen molar-refractivity contribution in [2.75, 3.05) is 6.61 Å². The van der Waals surface area contributed by atoms with Crippen LogP contribution in [-0.4, -0.2) is 27.1 Å². The number of pyridine rings is 1. The fourth-order valence-corrected chi connectivity index (χ4v) is 1.67. The molecule has 2 aromatic rings. The molecule has 0 saturated carbocycles. The Kier molecular flexibility index (Phi) is 3.72. The smallest absolute Gasteiger partial charge is 0.358 e. The SMILES string of the molecule is CCOC(=O)c1cn([C@@H](C)c2ccncc2)cn1. The lowest BCUT2D eigenvalue weighted by atomic mass is 10.1. The summed E-state index contributed by atoms with van der Waals surface area (Å²) in [6.45, 7) is 4.16. The number of aromatic nitrogens is 3. The quantitative estimate of drug-likeness (QED) is 0.774. The van der Waals surface area contributed by atoms with Crippen molar-refractivity contribution in [1.29, 1.82) is 0 Å². The number of hydrogen-bond donors (Lipinski definition) is 0. The predicted molar refractivity (Wildman–Crippen MR) is 66.2 cm³/mol. The van der Waals surface area contributed by atoms with Gasteiger partial charge in [-0.15, -0.1) is 0 Å². The topological polar surface area (TPSA) is 57.0 Å². The van der Waals surface area contributed by atoms with Crippen LogP contribution >= 0.6 is 0 Å². The number of ether oxygens (including phenoxy) is 1. The molecule has 0 spiro atoms. The van der Waals surface area contributed by atoms with E-state index in [4.69, 9.17) is 4.74 Å². The van der Waals surface area contributed by atoms with Crippen LogP contribution in [0.2, 0.25) is 0 Å². The number of imidazole rings is 1. The van der Waals surface area contributed by atoms with Crippen LogP contribution in [0.4, 0.5) is 0 Å². The summed E-state index contributed by atoms with van der Waals surface area (Å²) in [5.41, 5.74) is 1.44. The summed E-state index contributed by atoms with van der Waals surface area (Å²) >= 11 is 0. The third-order valence-electron chi connectivity index (χ3n) is 2.72. The second-order valence-electron chi connectivity index (χ2n) is 3.88. The summed E-state index contributed by atoms with van der Waals surface area (Å²) in [5, 5.41) is 0. The van der Waals surface area contributed by atoms with Crippen molar-refractivity contribution in [1.82, 2.24) is 14.5 Å². The van der Waals surface area contributed by atoms with Crippen molar-refractivity contribution < 1.29 is 9.53 Å². The van der Waals surface area contributed by atoms with Gasteiger partial charge in [-0.25, -0.2) is 9.78 Å². The average molecular weight is 245 g/mol. The summed E-state index contributed by atoms with van der Waals surface area (Å²) in [6, 6.07) is 3.98. The van der Waals surface area contributed by atoms with E-state index in [1.807, 2.05) is 23.6 Å². The molecule has 94 valence electrons. The molecule has 0 amide bonds. The number of hydrogen-bond acceptors (Lipinski definition) is 4. The summed E-state index contributed by atoms with van der Waals surface area (Å²) in [7, 11) is 0. The minimum atomic E-state index is -0.391. The molecule has 0 aliphatic heterocycles. The molecule has 18 heavy (non-hydrogen) atoms. The second kappa shape index (κ2) is 5.44. The highest BCUT2D eigenvalue weighted by molar-refractivity contribution is 5.86. The highest BCUT2D eigenvalue weighted by Gasteiger charge is 2.13. The second-order valence-corrected chi connectivity index (χ2v) is 3.88. The van der Waals surface area contributed by atoms with E-state index in [1.54, 1.807) is 31.8 Å². The van der Waals surface area contributed by atoms with Gasteiger partial charge in [0.2, 0.25) is 0 Å². The van der Waals surface area contributed by atoms with Gasteiger partial charge in [-0.3, -0.25) is 4.98 Å². The largest absolute Gasteiger partial charge is 0.461 e. The van der Waals surface area contributed by atoms with E-state index in [-0.39, 0.29) is 6.04 Å². The Hall–Kier alpha value is -2.17. The van der Waals surface area contributed by atoms with E-state index in [1.165, 1.54) is 0 Å². The van der Waals surface area contributed by atoms with Crippen LogP contribution in [0, 0.1) is 0 Å². The van der Waals surface area contributed by atoms with Crippen LogP contribution in [0.1, 0.15) is 35.9 Å². The van der Waals surface area contributed by atoms with Crippen LogP contribution in [0.5, 0.6) is 0 Å². The fourth-order valence-electron chi connectivity index (χ4n) is 1.67. The van der Waals surface area contributed by atoms with Crippen molar-refractivity contribution in [2.45, 2.75) is 19.9 Å². The van der Waals surface area contributed by atoms with Gasteiger partial charge in [-0.1, -0.05) is 0 Å². The van der Waals surface area contributed by atoms with Gasteiger partial charge in [0.1, 0.15) is 0 Å². The van der Waals surface area contributed by atoms with Gasteiger partial charge in [0.15, 0.2) is 5.69 Å². The molecule has 0 N–H and O–H groups in total. The van der Waals surface area contributed by atoms with Crippen molar-refractivity contribution >= 4 is 5.97 Å². The van der Waals surface area contributed by atoms with Crippen LogP contribution in [-0.2, 0) is 4.74 Å². The fraction of sp³-hybridized carbons (Fsp3) is 0.308. The molecule has 0 aliphatic carbocycles. The highest BCUT2D eigenvalue weighted by Crippen LogP contribution is 2.17. The Balaban J connectivity index is 2.17. The zero-order valence-corrected chi connectivity index (χ0v) is 10.4. The molecule has 2 heterocycles. The first kappa shape index (κ1) is 12.3. The van der Waals surface area contributed by atoms with E-state index >= 15 is 0 Å². The molecule has 0 fully saturated rings. The number of esters is 1. The minimum Gasteiger partial charge on any atom is -0.461 e. The van der Waals surface area contributed by atoms with Gasteiger partial charge in [0.25, 0.3) is 0 Å². The number of nitrogens with zero attached hydrogens (tertiary/aromatic N) is 3. The maximum Gasteiger partial charge on any atom is 0.358 e. The van der Waals surface area contributed by atoms with Crippen molar-refractivity contribution in [3.05, 3.63) is 48.3 Å². The minimum absolute atomic E-state index is 0.101. The number of carbonyl (C=O) groups is 1. The van der Waals surface area contributed by atoms with Gasteiger partial charge >= 0.3 is 5.97 Å². The Morgan fingerprint density at radius 3 is 2.83 bits per heavy atom. The maximum absolute atomic E-state index is 11.5. The van der Waals surface area contributed by atoms with Crippen molar-refractivity contribution in [3.63, 3.8) is 0 Å². The lowest BCUT2D eigenvalue weighted by molar-refractivity contribution is 0.0520. The van der Waals surface area contributed by atoms with E-state index in [0.717, 1.165) is 5.56 Å². The lowest BCUT2D eigenvalue weighted by Gasteiger charge is -2.12. The summed E-state index contributed by atoms with van der Waals surface area (Å²) in [5.74, 6) is -0.391. The number of carbonyl (C=O) groups excluding carboxylic acids is 1. The van der Waals surface area contributed by atoms with Crippen LogP contribution in [0.25, 0.3) is 0 Å². The Labute approximate surface area is 105 Å². The van der Waals surface area contributed by atoms with Crippen LogP contribution in [0.3, 0.4) is 0 Å². The first-order chi connectivity index (χ1) is 8.72. The average Bonchev–Trinajstić information content (AvgIpc) is 2.89. The third-order valence-corrected chi connectivity index (χ3v) is 2.72. The van der Waals surface area contributed by atoms with Gasteiger partial charge in [0.05, 0.1) is 19.0 Å². The van der Waals surface area contributed by atoms with Crippen LogP contribution < -0.4 is 0 Å². The van der Waals surface area contributed by atoms with E-state index in [0.29, 0.717) is 12.3 Å². The maximum atomic E-state index is 11.5. The highest BCUT2D eigenvalue weighted by atomic mass is 16.5. The monoisotopic (exact) mass is 245 g/mol. The summed E-state index contributed by atoms with van der Waals surface area (Å²) in [4.78, 5) is 19.5. The molecule has 5 nitrogen and oxygen atoms in total. The van der Waals surface area contributed by atoms with Gasteiger partial charge in [0, 0.05) is 18.6 Å². The van der Waals surface area contributed by atoms with E-state index < -0.39 is 5.97 Å². The molecule has 0 saturated heterocycles. The molecule has 5 heteroatoms. The molecule has 0 aliphatic rings. The molecule has 0 unspecified atom stereocenters. The first-order valence-electron chi connectivity index (χ1n) is 5.83. The molecular weight excluding hydrogens is 230 g/mol. The summed E-state index contributed by atoms with van der Waals surface area (Å²) < 4.78 is 6.78. The Morgan fingerprint density at radius 2 is 2.17 bits per heavy atom. The molecule has 1 atom stereocenters. The zero-order valence-electron chi connectivity index (χ0n) is 10.4. The van der Waals surface area contributed by atoms with E-state index in [2.05, 4.69) is 9.97 Å².